The van der Waals surface area contributed by atoms with E-state index in [-0.39, 0.29) is 10.8 Å². The highest BCUT2D eigenvalue weighted by Gasteiger charge is 2.15. The lowest BCUT2D eigenvalue weighted by Gasteiger charge is -2.03. The molecule has 0 radical (unpaired) electrons. The van der Waals surface area contributed by atoms with E-state index in [9.17, 15) is 9.18 Å². The fourth-order valence-electron chi connectivity index (χ4n) is 1.43. The van der Waals surface area contributed by atoms with Gasteiger partial charge in [0.1, 0.15) is 11.5 Å². The van der Waals surface area contributed by atoms with Crippen molar-refractivity contribution in [3.63, 3.8) is 0 Å². The number of aryl methyl sites for hydroxylation is 1. The molecule has 4 nitrogen and oxygen atoms in total. The van der Waals surface area contributed by atoms with Crippen molar-refractivity contribution in [3.05, 3.63) is 40.4 Å². The number of carbonyl (C=O) groups is 1. The number of hydrogen-bond donors (Lipinski definition) is 1. The maximum absolute atomic E-state index is 13.1. The van der Waals surface area contributed by atoms with Gasteiger partial charge in [-0.15, -0.1) is 0 Å². The van der Waals surface area contributed by atoms with Crippen molar-refractivity contribution in [2.75, 3.05) is 0 Å². The van der Waals surface area contributed by atoms with Crippen LogP contribution in [-0.4, -0.2) is 16.2 Å². The molecule has 0 unspecified atom stereocenters. The minimum Gasteiger partial charge on any atom is -0.475 e. The Morgan fingerprint density at radius 2 is 2.18 bits per heavy atom. The highest BCUT2D eigenvalue weighted by atomic mass is 35.5. The largest absolute Gasteiger partial charge is 0.475 e. The molecule has 0 spiro atoms. The highest BCUT2D eigenvalue weighted by Crippen LogP contribution is 2.28. The number of aromatic carboxylic acids is 1. The van der Waals surface area contributed by atoms with Crippen LogP contribution in [0.4, 0.5) is 4.39 Å². The van der Waals surface area contributed by atoms with Gasteiger partial charge in [0.2, 0.25) is 5.76 Å². The lowest BCUT2D eigenvalue weighted by molar-refractivity contribution is 0.0652. The third-order valence-corrected chi connectivity index (χ3v) is 2.55. The molecule has 1 N–H and O–H groups in total. The molecule has 0 amide bonds. The number of nitrogens with zero attached hydrogens (tertiary/aromatic N) is 1. The standard InChI is InChI=1S/C11H7ClFNO3/c1-5-2-8(13)7(12)3-6(5)9-4-10(11(15)16)17-14-9/h2-4H,1H3,(H,15,16). The van der Waals surface area contributed by atoms with Gasteiger partial charge in [-0.25, -0.2) is 9.18 Å². The smallest absolute Gasteiger partial charge is 0.374 e. The number of rotatable bonds is 2. The van der Waals surface area contributed by atoms with Crippen LogP contribution in [0.5, 0.6) is 0 Å². The van der Waals surface area contributed by atoms with Crippen LogP contribution in [-0.2, 0) is 0 Å². The van der Waals surface area contributed by atoms with Crippen molar-refractivity contribution >= 4 is 17.6 Å². The number of hydrogen-bond acceptors (Lipinski definition) is 3. The van der Waals surface area contributed by atoms with Crippen molar-refractivity contribution in [2.24, 2.45) is 0 Å². The summed E-state index contributed by atoms with van der Waals surface area (Å²) in [6, 6.07) is 3.90. The third kappa shape index (κ3) is 2.14. The van der Waals surface area contributed by atoms with Crippen LogP contribution in [0.1, 0.15) is 16.1 Å². The summed E-state index contributed by atoms with van der Waals surface area (Å²) in [6.45, 7) is 1.67. The minimum atomic E-state index is -1.21. The van der Waals surface area contributed by atoms with Crippen LogP contribution in [0.15, 0.2) is 22.7 Å². The van der Waals surface area contributed by atoms with Crippen LogP contribution in [0.2, 0.25) is 5.02 Å². The van der Waals surface area contributed by atoms with Gasteiger partial charge in [-0.3, -0.25) is 0 Å². The molecule has 0 aliphatic rings. The van der Waals surface area contributed by atoms with E-state index in [1.807, 2.05) is 0 Å². The first-order valence-corrected chi connectivity index (χ1v) is 5.03. The van der Waals surface area contributed by atoms with Gasteiger partial charge in [-0.05, 0) is 24.6 Å². The van der Waals surface area contributed by atoms with Crippen molar-refractivity contribution in [1.82, 2.24) is 5.16 Å². The van der Waals surface area contributed by atoms with Gasteiger partial charge in [0.15, 0.2) is 0 Å². The maximum atomic E-state index is 13.1. The summed E-state index contributed by atoms with van der Waals surface area (Å²) in [5, 5.41) is 12.2. The molecule has 88 valence electrons. The van der Waals surface area contributed by atoms with Crippen LogP contribution < -0.4 is 0 Å². The van der Waals surface area contributed by atoms with Crippen molar-refractivity contribution in [2.45, 2.75) is 6.92 Å². The van der Waals surface area contributed by atoms with E-state index in [1.54, 1.807) is 6.92 Å². The van der Waals surface area contributed by atoms with Gasteiger partial charge >= 0.3 is 5.97 Å². The molecular weight excluding hydrogens is 249 g/mol. The predicted octanol–water partition coefficient (Wildman–Crippen LogP) is 3.14. The average molecular weight is 256 g/mol. The zero-order valence-corrected chi connectivity index (χ0v) is 9.45. The quantitative estimate of drug-likeness (QED) is 0.895. The van der Waals surface area contributed by atoms with Crippen LogP contribution in [0, 0.1) is 12.7 Å². The summed E-state index contributed by atoms with van der Waals surface area (Å²) in [7, 11) is 0. The molecule has 6 heteroatoms. The molecule has 0 bridgehead atoms. The second kappa shape index (κ2) is 4.18. The molecule has 0 atom stereocenters. The van der Waals surface area contributed by atoms with Crippen molar-refractivity contribution < 1.29 is 18.8 Å². The monoisotopic (exact) mass is 255 g/mol. The van der Waals surface area contributed by atoms with Crippen LogP contribution in [0.25, 0.3) is 11.3 Å². The highest BCUT2D eigenvalue weighted by molar-refractivity contribution is 6.31. The molecule has 2 rings (SSSR count). The van der Waals surface area contributed by atoms with Gasteiger partial charge < -0.3 is 9.63 Å². The maximum Gasteiger partial charge on any atom is 0.374 e. The van der Waals surface area contributed by atoms with E-state index in [1.165, 1.54) is 18.2 Å². The minimum absolute atomic E-state index is 0.0505. The first-order chi connectivity index (χ1) is 7.99. The van der Waals surface area contributed by atoms with Gasteiger partial charge in [-0.2, -0.15) is 0 Å². The third-order valence-electron chi connectivity index (χ3n) is 2.26. The van der Waals surface area contributed by atoms with Gasteiger partial charge in [0.05, 0.1) is 5.02 Å². The van der Waals surface area contributed by atoms with Gasteiger partial charge in [0.25, 0.3) is 0 Å². The number of benzene rings is 1. The van der Waals surface area contributed by atoms with Gasteiger partial charge in [0, 0.05) is 11.6 Å². The second-order valence-corrected chi connectivity index (χ2v) is 3.87. The summed E-state index contributed by atoms with van der Waals surface area (Å²) in [5.41, 5.74) is 1.44. The van der Waals surface area contributed by atoms with E-state index in [4.69, 9.17) is 16.7 Å². The normalized spacial score (nSPS) is 10.5. The number of halogens is 2. The summed E-state index contributed by atoms with van der Waals surface area (Å²) < 4.78 is 17.8. The Morgan fingerprint density at radius 1 is 1.47 bits per heavy atom. The fourth-order valence-corrected chi connectivity index (χ4v) is 1.59. The summed E-state index contributed by atoms with van der Waals surface area (Å²) in [5.74, 6) is -2.02. The summed E-state index contributed by atoms with van der Waals surface area (Å²) >= 11 is 5.66. The topological polar surface area (TPSA) is 63.3 Å². The Kier molecular flexibility index (Phi) is 2.85. The molecule has 17 heavy (non-hydrogen) atoms. The molecule has 0 fully saturated rings. The molecule has 0 saturated heterocycles. The van der Waals surface area contributed by atoms with Crippen molar-refractivity contribution in [3.8, 4) is 11.3 Å². The summed E-state index contributed by atoms with van der Waals surface area (Å²) in [4.78, 5) is 10.6. The van der Waals surface area contributed by atoms with E-state index in [0.29, 0.717) is 16.8 Å². The predicted molar refractivity (Wildman–Crippen MR) is 58.6 cm³/mol. The molecular formula is C11H7ClFNO3. The molecule has 2 aromatic rings. The fraction of sp³-hybridized carbons (Fsp3) is 0.0909. The lowest BCUT2D eigenvalue weighted by Crippen LogP contribution is -1.91. The Balaban J connectivity index is 2.52. The molecule has 0 saturated carbocycles. The Morgan fingerprint density at radius 3 is 2.76 bits per heavy atom. The lowest BCUT2D eigenvalue weighted by atomic mass is 10.1. The van der Waals surface area contributed by atoms with E-state index in [2.05, 4.69) is 9.68 Å². The van der Waals surface area contributed by atoms with Crippen LogP contribution >= 0.6 is 11.6 Å². The first kappa shape index (κ1) is 11.6. The molecule has 1 heterocycles. The Bertz CT molecular complexity index is 594. The zero-order valence-electron chi connectivity index (χ0n) is 8.70. The molecule has 0 aliphatic carbocycles. The Hall–Kier alpha value is -1.88. The van der Waals surface area contributed by atoms with Crippen molar-refractivity contribution in [1.29, 1.82) is 0 Å². The molecule has 1 aromatic carbocycles. The number of aromatic nitrogens is 1. The van der Waals surface area contributed by atoms with E-state index >= 15 is 0 Å². The first-order valence-electron chi connectivity index (χ1n) is 4.65. The molecule has 1 aromatic heterocycles. The SMILES string of the molecule is Cc1cc(F)c(Cl)cc1-c1cc(C(=O)O)on1. The second-order valence-electron chi connectivity index (χ2n) is 3.46. The number of carboxylic acid groups (broad SMARTS) is 1. The zero-order chi connectivity index (χ0) is 12.6. The Labute approximate surface area is 101 Å². The summed E-state index contributed by atoms with van der Waals surface area (Å²) in [6.07, 6.45) is 0. The van der Waals surface area contributed by atoms with E-state index in [0.717, 1.165) is 0 Å². The van der Waals surface area contributed by atoms with Gasteiger partial charge in [-0.1, -0.05) is 16.8 Å². The van der Waals surface area contributed by atoms with Crippen LogP contribution in [0.3, 0.4) is 0 Å². The average Bonchev–Trinajstić information content (AvgIpc) is 2.72. The molecule has 0 aliphatic heterocycles. The van der Waals surface area contributed by atoms with E-state index < -0.39 is 11.8 Å². The number of carboxylic acids is 1.